The quantitative estimate of drug-likeness (QED) is 0.843. The summed E-state index contributed by atoms with van der Waals surface area (Å²) in [5.41, 5.74) is 1.55. The molecule has 20 heavy (non-hydrogen) atoms. The average Bonchev–Trinajstić information content (AvgIpc) is 2.41. The summed E-state index contributed by atoms with van der Waals surface area (Å²) in [7, 11) is 0. The Hall–Kier alpha value is -2.00. The number of hydrogen-bond donors (Lipinski definition) is 2. The van der Waals surface area contributed by atoms with E-state index in [2.05, 4.69) is 0 Å². The molecule has 0 radical (unpaired) electrons. The number of phenolic OH excluding ortho intramolecular Hbond substituents is 2. The third kappa shape index (κ3) is 2.94. The van der Waals surface area contributed by atoms with Crippen LogP contribution in [-0.2, 0) is 12.8 Å². The van der Waals surface area contributed by atoms with Gasteiger partial charge in [-0.3, -0.25) is 4.79 Å². The fraction of sp³-hybridized carbons (Fsp3) is 0.188. The number of phenols is 2. The number of hydrogen-bond acceptors (Lipinski definition) is 3. The number of aromatic hydroxyl groups is 2. The molecule has 0 fully saturated rings. The maximum absolute atomic E-state index is 12.3. The molecule has 0 bridgehead atoms. The highest BCUT2D eigenvalue weighted by Gasteiger charge is 2.16. The highest BCUT2D eigenvalue weighted by Crippen LogP contribution is 2.29. The summed E-state index contributed by atoms with van der Waals surface area (Å²) >= 11 is 6.02. The zero-order valence-electron chi connectivity index (χ0n) is 11.1. The Morgan fingerprint density at radius 2 is 1.80 bits per heavy atom. The molecule has 0 aliphatic heterocycles. The van der Waals surface area contributed by atoms with Gasteiger partial charge in [-0.25, -0.2) is 0 Å². The first-order valence-electron chi connectivity index (χ1n) is 6.34. The van der Waals surface area contributed by atoms with Crippen molar-refractivity contribution in [3.8, 4) is 11.5 Å². The van der Waals surface area contributed by atoms with Crippen LogP contribution in [0.15, 0.2) is 36.4 Å². The minimum atomic E-state index is -0.231. The Bertz CT molecular complexity index is 650. The fourth-order valence-electron chi connectivity index (χ4n) is 2.04. The molecular weight excluding hydrogens is 276 g/mol. The van der Waals surface area contributed by atoms with Crippen molar-refractivity contribution in [2.75, 3.05) is 0 Å². The van der Waals surface area contributed by atoms with Crippen LogP contribution in [0.1, 0.15) is 28.4 Å². The molecule has 0 spiro atoms. The van der Waals surface area contributed by atoms with Gasteiger partial charge in [-0.05, 0) is 29.7 Å². The Kier molecular flexibility index (Phi) is 4.30. The van der Waals surface area contributed by atoms with Gasteiger partial charge in [0.25, 0.3) is 0 Å². The summed E-state index contributed by atoms with van der Waals surface area (Å²) < 4.78 is 0. The Labute approximate surface area is 122 Å². The Morgan fingerprint density at radius 3 is 2.45 bits per heavy atom. The summed E-state index contributed by atoms with van der Waals surface area (Å²) in [6.45, 7) is 1.87. The van der Waals surface area contributed by atoms with Gasteiger partial charge in [0.2, 0.25) is 0 Å². The van der Waals surface area contributed by atoms with Crippen molar-refractivity contribution < 1.29 is 15.0 Å². The largest absolute Gasteiger partial charge is 0.508 e. The van der Waals surface area contributed by atoms with E-state index in [9.17, 15) is 15.0 Å². The van der Waals surface area contributed by atoms with E-state index >= 15 is 0 Å². The first kappa shape index (κ1) is 14.4. The van der Waals surface area contributed by atoms with Crippen molar-refractivity contribution in [1.29, 1.82) is 0 Å². The third-order valence-corrected chi connectivity index (χ3v) is 3.56. The molecule has 3 nitrogen and oxygen atoms in total. The number of carbonyl (C=O) groups excluding carboxylic acids is 1. The van der Waals surface area contributed by atoms with Gasteiger partial charge in [-0.1, -0.05) is 36.7 Å². The number of rotatable bonds is 4. The van der Waals surface area contributed by atoms with E-state index in [1.165, 1.54) is 12.1 Å². The van der Waals surface area contributed by atoms with E-state index in [-0.39, 0.29) is 29.3 Å². The van der Waals surface area contributed by atoms with Crippen LogP contribution in [0.5, 0.6) is 11.5 Å². The first-order chi connectivity index (χ1) is 9.52. The second kappa shape index (κ2) is 5.97. The van der Waals surface area contributed by atoms with Crippen molar-refractivity contribution in [2.24, 2.45) is 0 Å². The number of benzene rings is 2. The van der Waals surface area contributed by atoms with E-state index in [1.54, 1.807) is 18.2 Å². The molecule has 0 aromatic heterocycles. The summed E-state index contributed by atoms with van der Waals surface area (Å²) in [5.74, 6) is -0.443. The zero-order valence-corrected chi connectivity index (χ0v) is 11.8. The van der Waals surface area contributed by atoms with Gasteiger partial charge >= 0.3 is 0 Å². The second-order valence-corrected chi connectivity index (χ2v) is 4.95. The molecule has 0 aliphatic carbocycles. The maximum Gasteiger partial charge on any atom is 0.171 e. The summed E-state index contributed by atoms with van der Waals surface area (Å²) in [6.07, 6.45) is 0.694. The van der Waals surface area contributed by atoms with E-state index in [0.717, 1.165) is 0 Å². The van der Waals surface area contributed by atoms with Gasteiger partial charge in [0.1, 0.15) is 11.5 Å². The molecule has 2 aromatic carbocycles. The van der Waals surface area contributed by atoms with Gasteiger partial charge in [0, 0.05) is 17.5 Å². The first-order valence-corrected chi connectivity index (χ1v) is 6.72. The third-order valence-electron chi connectivity index (χ3n) is 3.19. The molecule has 2 aromatic rings. The Morgan fingerprint density at radius 1 is 1.10 bits per heavy atom. The molecule has 4 heteroatoms. The molecule has 0 heterocycles. The predicted octanol–water partition coefficient (Wildman–Crippen LogP) is 3.74. The SMILES string of the molecule is CCc1cc(C(=O)Cc2ccccc2Cl)c(O)cc1O. The normalized spacial score (nSPS) is 10.5. The molecule has 0 atom stereocenters. The number of Topliss-reactive ketones (excluding diaryl/α,β-unsaturated/α-hetero) is 1. The lowest BCUT2D eigenvalue weighted by Gasteiger charge is -2.09. The summed E-state index contributed by atoms with van der Waals surface area (Å²) in [5, 5.41) is 20.0. The van der Waals surface area contributed by atoms with Gasteiger partial charge in [-0.15, -0.1) is 0 Å². The monoisotopic (exact) mass is 290 g/mol. The van der Waals surface area contributed by atoms with E-state index in [0.29, 0.717) is 22.6 Å². The number of carbonyl (C=O) groups is 1. The molecule has 2 N–H and O–H groups in total. The summed E-state index contributed by atoms with van der Waals surface area (Å²) in [6, 6.07) is 9.84. The fourth-order valence-corrected chi connectivity index (χ4v) is 2.24. The van der Waals surface area contributed by atoms with E-state index < -0.39 is 0 Å². The van der Waals surface area contributed by atoms with Gasteiger partial charge in [0.15, 0.2) is 5.78 Å². The lowest BCUT2D eigenvalue weighted by Crippen LogP contribution is -2.05. The van der Waals surface area contributed by atoms with Crippen LogP contribution in [-0.4, -0.2) is 16.0 Å². The van der Waals surface area contributed by atoms with Crippen molar-refractivity contribution in [2.45, 2.75) is 19.8 Å². The topological polar surface area (TPSA) is 57.5 Å². The van der Waals surface area contributed by atoms with Crippen LogP contribution in [0.2, 0.25) is 5.02 Å². The minimum absolute atomic E-state index is 0.000654. The van der Waals surface area contributed by atoms with Crippen molar-refractivity contribution in [1.82, 2.24) is 0 Å². The Balaban J connectivity index is 2.32. The maximum atomic E-state index is 12.3. The molecule has 0 unspecified atom stereocenters. The van der Waals surface area contributed by atoms with Gasteiger partial charge < -0.3 is 10.2 Å². The van der Waals surface area contributed by atoms with Gasteiger partial charge in [-0.2, -0.15) is 0 Å². The van der Waals surface area contributed by atoms with Gasteiger partial charge in [0.05, 0.1) is 5.56 Å². The molecular formula is C16H15ClO3. The van der Waals surface area contributed by atoms with Crippen LogP contribution >= 0.6 is 11.6 Å². The number of aryl methyl sites for hydroxylation is 1. The molecule has 2 rings (SSSR count). The lowest BCUT2D eigenvalue weighted by atomic mass is 9.99. The standard InChI is InChI=1S/C16H15ClO3/c1-2-10-7-12(16(20)9-14(10)18)15(19)8-11-5-3-4-6-13(11)17/h3-7,9,18,20H,2,8H2,1H3. The van der Waals surface area contributed by atoms with Crippen molar-refractivity contribution in [3.63, 3.8) is 0 Å². The molecule has 0 aliphatic rings. The highest BCUT2D eigenvalue weighted by atomic mass is 35.5. The van der Waals surface area contributed by atoms with Crippen LogP contribution in [0.25, 0.3) is 0 Å². The molecule has 0 saturated heterocycles. The lowest BCUT2D eigenvalue weighted by molar-refractivity contribution is 0.0990. The van der Waals surface area contributed by atoms with Crippen LogP contribution in [0, 0.1) is 0 Å². The summed E-state index contributed by atoms with van der Waals surface area (Å²) in [4.78, 5) is 12.3. The zero-order chi connectivity index (χ0) is 14.7. The van der Waals surface area contributed by atoms with E-state index in [1.807, 2.05) is 13.0 Å². The smallest absolute Gasteiger partial charge is 0.171 e. The molecule has 0 amide bonds. The van der Waals surface area contributed by atoms with Crippen molar-refractivity contribution in [3.05, 3.63) is 58.1 Å². The van der Waals surface area contributed by atoms with Crippen LogP contribution < -0.4 is 0 Å². The van der Waals surface area contributed by atoms with E-state index in [4.69, 9.17) is 11.6 Å². The number of ketones is 1. The van der Waals surface area contributed by atoms with Crippen LogP contribution in [0.3, 0.4) is 0 Å². The van der Waals surface area contributed by atoms with Crippen molar-refractivity contribution >= 4 is 17.4 Å². The van der Waals surface area contributed by atoms with Crippen LogP contribution in [0.4, 0.5) is 0 Å². The predicted molar refractivity (Wildman–Crippen MR) is 78.6 cm³/mol. The highest BCUT2D eigenvalue weighted by molar-refractivity contribution is 6.31. The molecule has 0 saturated carbocycles. The molecule has 104 valence electrons. The minimum Gasteiger partial charge on any atom is -0.508 e. The number of halogens is 1. The average molecular weight is 291 g/mol. The second-order valence-electron chi connectivity index (χ2n) is 4.54.